The van der Waals surface area contributed by atoms with E-state index in [1.807, 2.05) is 18.2 Å². The van der Waals surface area contributed by atoms with Crippen LogP contribution < -0.4 is 5.73 Å². The minimum Gasteiger partial charge on any atom is -0.390 e. The fraction of sp³-hybridized carbons (Fsp3) is 0.300. The van der Waals surface area contributed by atoms with E-state index in [0.717, 1.165) is 15.7 Å². The molecule has 15 heavy (non-hydrogen) atoms. The Morgan fingerprint density at radius 3 is 3.07 bits per heavy atom. The van der Waals surface area contributed by atoms with Gasteiger partial charge in [-0.15, -0.1) is 0 Å². The SMILES string of the molecule is NCC1CC(c2cc(Br)ccc2Cl)=NO1. The highest BCUT2D eigenvalue weighted by atomic mass is 79.9. The molecule has 1 aromatic rings. The Hall–Kier alpha value is -0.580. The van der Waals surface area contributed by atoms with E-state index < -0.39 is 0 Å². The summed E-state index contributed by atoms with van der Waals surface area (Å²) in [6.45, 7) is 0.471. The zero-order valence-electron chi connectivity index (χ0n) is 7.91. The summed E-state index contributed by atoms with van der Waals surface area (Å²) < 4.78 is 0.973. The second-order valence-corrected chi connectivity index (χ2v) is 4.65. The Kier molecular flexibility index (Phi) is 3.29. The zero-order valence-corrected chi connectivity index (χ0v) is 10.3. The van der Waals surface area contributed by atoms with Crippen molar-refractivity contribution in [2.75, 3.05) is 6.54 Å². The minimum absolute atomic E-state index is 0.0185. The molecule has 0 saturated carbocycles. The van der Waals surface area contributed by atoms with Gasteiger partial charge in [-0.1, -0.05) is 32.7 Å². The number of halogens is 2. The van der Waals surface area contributed by atoms with Crippen LogP contribution in [0.2, 0.25) is 5.02 Å². The molecule has 0 fully saturated rings. The third-order valence-electron chi connectivity index (χ3n) is 2.24. The van der Waals surface area contributed by atoms with Gasteiger partial charge >= 0.3 is 0 Å². The first kappa shape index (κ1) is 10.9. The van der Waals surface area contributed by atoms with Crippen LogP contribution in [-0.4, -0.2) is 18.4 Å². The molecular formula is C10H10BrClN2O. The number of hydrogen-bond acceptors (Lipinski definition) is 3. The lowest BCUT2D eigenvalue weighted by atomic mass is 10.1. The van der Waals surface area contributed by atoms with E-state index in [1.165, 1.54) is 0 Å². The molecule has 0 bridgehead atoms. The fourth-order valence-electron chi connectivity index (χ4n) is 1.43. The molecule has 0 spiro atoms. The number of rotatable bonds is 2. The van der Waals surface area contributed by atoms with Gasteiger partial charge in [0.1, 0.15) is 6.10 Å². The Bertz CT molecular complexity index is 408. The van der Waals surface area contributed by atoms with Crippen molar-refractivity contribution in [3.8, 4) is 0 Å². The van der Waals surface area contributed by atoms with Crippen LogP contribution in [0.5, 0.6) is 0 Å². The maximum Gasteiger partial charge on any atom is 0.145 e. The topological polar surface area (TPSA) is 47.6 Å². The third kappa shape index (κ3) is 2.33. The summed E-state index contributed by atoms with van der Waals surface area (Å²) in [6.07, 6.45) is 0.696. The van der Waals surface area contributed by atoms with Gasteiger partial charge in [-0.25, -0.2) is 0 Å². The van der Waals surface area contributed by atoms with Crippen molar-refractivity contribution in [2.45, 2.75) is 12.5 Å². The molecule has 80 valence electrons. The number of nitrogens with zero attached hydrogens (tertiary/aromatic N) is 1. The Morgan fingerprint density at radius 2 is 2.40 bits per heavy atom. The number of hydrogen-bond donors (Lipinski definition) is 1. The number of nitrogens with two attached hydrogens (primary N) is 1. The molecule has 1 aromatic carbocycles. The average Bonchev–Trinajstić information content (AvgIpc) is 2.70. The first-order chi connectivity index (χ1) is 7.20. The van der Waals surface area contributed by atoms with Crippen molar-refractivity contribution in [3.05, 3.63) is 33.3 Å². The van der Waals surface area contributed by atoms with Crippen molar-refractivity contribution in [1.82, 2.24) is 0 Å². The highest BCUT2D eigenvalue weighted by molar-refractivity contribution is 9.10. The molecule has 2 rings (SSSR count). The van der Waals surface area contributed by atoms with Crippen LogP contribution in [-0.2, 0) is 4.84 Å². The molecule has 0 aromatic heterocycles. The van der Waals surface area contributed by atoms with E-state index in [9.17, 15) is 0 Å². The monoisotopic (exact) mass is 288 g/mol. The molecule has 0 saturated heterocycles. The Morgan fingerprint density at radius 1 is 1.60 bits per heavy atom. The summed E-state index contributed by atoms with van der Waals surface area (Å²) in [4.78, 5) is 5.15. The molecule has 0 aliphatic carbocycles. The maximum atomic E-state index is 6.08. The van der Waals surface area contributed by atoms with Crippen LogP contribution in [0.3, 0.4) is 0 Å². The smallest absolute Gasteiger partial charge is 0.145 e. The lowest BCUT2D eigenvalue weighted by Gasteiger charge is -2.04. The number of benzene rings is 1. The average molecular weight is 290 g/mol. The summed E-state index contributed by atoms with van der Waals surface area (Å²) in [6, 6.07) is 5.66. The van der Waals surface area contributed by atoms with Gasteiger partial charge in [0.25, 0.3) is 0 Å². The lowest BCUT2D eigenvalue weighted by molar-refractivity contribution is 0.0918. The maximum absolute atomic E-state index is 6.08. The van der Waals surface area contributed by atoms with Crippen molar-refractivity contribution in [3.63, 3.8) is 0 Å². The highest BCUT2D eigenvalue weighted by Gasteiger charge is 2.22. The normalized spacial score (nSPS) is 19.9. The van der Waals surface area contributed by atoms with E-state index in [4.69, 9.17) is 22.2 Å². The van der Waals surface area contributed by atoms with Gasteiger partial charge in [0.2, 0.25) is 0 Å². The number of oxime groups is 1. The summed E-state index contributed by atoms with van der Waals surface area (Å²) in [5, 5.41) is 4.67. The predicted octanol–water partition coefficient (Wildman–Crippen LogP) is 2.55. The van der Waals surface area contributed by atoms with Crippen LogP contribution in [0, 0.1) is 0 Å². The lowest BCUT2D eigenvalue weighted by Crippen LogP contribution is -2.20. The predicted molar refractivity (Wildman–Crippen MR) is 64.2 cm³/mol. The van der Waals surface area contributed by atoms with Crippen molar-refractivity contribution in [2.24, 2.45) is 10.9 Å². The van der Waals surface area contributed by atoms with Crippen molar-refractivity contribution < 1.29 is 4.84 Å². The van der Waals surface area contributed by atoms with E-state index in [2.05, 4.69) is 21.1 Å². The Balaban J connectivity index is 2.27. The second kappa shape index (κ2) is 4.51. The quantitative estimate of drug-likeness (QED) is 0.909. The van der Waals surface area contributed by atoms with Gasteiger partial charge in [-0.2, -0.15) is 0 Å². The van der Waals surface area contributed by atoms with Gasteiger partial charge in [0.05, 0.1) is 5.71 Å². The van der Waals surface area contributed by atoms with E-state index in [1.54, 1.807) is 0 Å². The molecule has 1 aliphatic rings. The fourth-order valence-corrected chi connectivity index (χ4v) is 2.02. The molecule has 2 N–H and O–H groups in total. The van der Waals surface area contributed by atoms with Gasteiger partial charge in [-0.05, 0) is 18.2 Å². The van der Waals surface area contributed by atoms with Gasteiger partial charge in [0.15, 0.2) is 0 Å². The zero-order chi connectivity index (χ0) is 10.8. The van der Waals surface area contributed by atoms with E-state index in [0.29, 0.717) is 18.0 Å². The summed E-state index contributed by atoms with van der Waals surface area (Å²) >= 11 is 9.48. The van der Waals surface area contributed by atoms with E-state index in [-0.39, 0.29) is 6.10 Å². The van der Waals surface area contributed by atoms with E-state index >= 15 is 0 Å². The molecular weight excluding hydrogens is 279 g/mol. The van der Waals surface area contributed by atoms with Crippen LogP contribution >= 0.6 is 27.5 Å². The van der Waals surface area contributed by atoms with Crippen molar-refractivity contribution >= 4 is 33.2 Å². The van der Waals surface area contributed by atoms with Crippen LogP contribution in [0.4, 0.5) is 0 Å². The summed E-state index contributed by atoms with van der Waals surface area (Å²) in [5.41, 5.74) is 7.26. The molecule has 0 radical (unpaired) electrons. The highest BCUT2D eigenvalue weighted by Crippen LogP contribution is 2.25. The van der Waals surface area contributed by atoms with Gasteiger partial charge in [-0.3, -0.25) is 0 Å². The largest absolute Gasteiger partial charge is 0.390 e. The molecule has 1 aliphatic heterocycles. The first-order valence-electron chi connectivity index (χ1n) is 4.59. The molecule has 1 atom stereocenters. The molecule has 1 unspecified atom stereocenters. The molecule has 1 heterocycles. The molecule has 5 heteroatoms. The molecule has 3 nitrogen and oxygen atoms in total. The summed E-state index contributed by atoms with van der Waals surface area (Å²) in [5.74, 6) is 0. The van der Waals surface area contributed by atoms with Crippen LogP contribution in [0.15, 0.2) is 27.8 Å². The standard InChI is InChI=1S/C10H10BrClN2O/c11-6-1-2-9(12)8(3-6)10-4-7(5-13)15-14-10/h1-3,7H,4-5,13H2. The third-order valence-corrected chi connectivity index (χ3v) is 3.06. The first-order valence-corrected chi connectivity index (χ1v) is 5.76. The van der Waals surface area contributed by atoms with Gasteiger partial charge in [0, 0.05) is 28.0 Å². The Labute approximate surface area is 101 Å². The summed E-state index contributed by atoms with van der Waals surface area (Å²) in [7, 11) is 0. The minimum atomic E-state index is -0.0185. The second-order valence-electron chi connectivity index (χ2n) is 3.33. The van der Waals surface area contributed by atoms with Crippen LogP contribution in [0.1, 0.15) is 12.0 Å². The van der Waals surface area contributed by atoms with Crippen LogP contribution in [0.25, 0.3) is 0 Å². The van der Waals surface area contributed by atoms with Gasteiger partial charge < -0.3 is 10.6 Å². The molecule has 0 amide bonds. The van der Waals surface area contributed by atoms with Crippen molar-refractivity contribution in [1.29, 1.82) is 0 Å².